The number of methoxy groups -OCH3 is 1. The molecule has 4 rings (SSSR count). The van der Waals surface area contributed by atoms with E-state index in [0.717, 1.165) is 22.0 Å². The van der Waals surface area contributed by atoms with Crippen molar-refractivity contribution in [3.8, 4) is 17.0 Å². The molecule has 0 aliphatic carbocycles. The molecular formula is C21H14Cl3N3O. The summed E-state index contributed by atoms with van der Waals surface area (Å²) in [6.07, 6.45) is 0. The Hall–Kier alpha value is -2.53. The molecule has 0 spiro atoms. The fourth-order valence-electron chi connectivity index (χ4n) is 2.94. The Morgan fingerprint density at radius 1 is 0.821 bits per heavy atom. The maximum Gasteiger partial charge on any atom is 0.161 e. The maximum absolute atomic E-state index is 6.29. The van der Waals surface area contributed by atoms with E-state index in [2.05, 4.69) is 15.5 Å². The van der Waals surface area contributed by atoms with Crippen LogP contribution in [0.3, 0.4) is 0 Å². The Bertz CT molecular complexity index is 1170. The van der Waals surface area contributed by atoms with Crippen LogP contribution in [0.15, 0.2) is 60.7 Å². The number of ether oxygens (including phenoxy) is 1. The zero-order valence-electron chi connectivity index (χ0n) is 14.7. The van der Waals surface area contributed by atoms with E-state index in [4.69, 9.17) is 39.5 Å². The van der Waals surface area contributed by atoms with Crippen molar-refractivity contribution in [2.45, 2.75) is 0 Å². The first-order valence-corrected chi connectivity index (χ1v) is 9.51. The largest absolute Gasteiger partial charge is 0.495 e. The summed E-state index contributed by atoms with van der Waals surface area (Å²) in [6, 6.07) is 18.7. The van der Waals surface area contributed by atoms with Crippen molar-refractivity contribution in [2.24, 2.45) is 0 Å². The third-order valence-electron chi connectivity index (χ3n) is 4.28. The Balaban J connectivity index is 1.90. The van der Waals surface area contributed by atoms with E-state index in [0.29, 0.717) is 32.3 Å². The van der Waals surface area contributed by atoms with E-state index in [1.54, 1.807) is 31.4 Å². The van der Waals surface area contributed by atoms with E-state index < -0.39 is 0 Å². The first-order chi connectivity index (χ1) is 13.6. The second-order valence-corrected chi connectivity index (χ2v) is 7.30. The summed E-state index contributed by atoms with van der Waals surface area (Å²) in [5.74, 6) is 1.13. The number of nitrogens with one attached hydrogen (secondary N) is 1. The normalized spacial score (nSPS) is 10.9. The minimum atomic E-state index is 0.437. The molecule has 0 bridgehead atoms. The van der Waals surface area contributed by atoms with Crippen LogP contribution in [-0.4, -0.2) is 17.3 Å². The number of benzene rings is 3. The molecule has 0 fully saturated rings. The summed E-state index contributed by atoms with van der Waals surface area (Å²) in [4.78, 5) is 0. The number of halogens is 3. The molecule has 0 atom stereocenters. The highest BCUT2D eigenvalue weighted by molar-refractivity contribution is 6.43. The van der Waals surface area contributed by atoms with Crippen molar-refractivity contribution < 1.29 is 4.74 Å². The van der Waals surface area contributed by atoms with Crippen molar-refractivity contribution in [3.63, 3.8) is 0 Å². The average Bonchev–Trinajstić information content (AvgIpc) is 2.71. The van der Waals surface area contributed by atoms with Crippen LogP contribution in [0.5, 0.6) is 5.75 Å². The molecule has 0 saturated carbocycles. The number of hydrogen-bond donors (Lipinski definition) is 1. The Kier molecular flexibility index (Phi) is 5.27. The van der Waals surface area contributed by atoms with Gasteiger partial charge in [-0.25, -0.2) is 0 Å². The molecule has 1 heterocycles. The lowest BCUT2D eigenvalue weighted by atomic mass is 10.0. The predicted molar refractivity (Wildman–Crippen MR) is 116 cm³/mol. The molecule has 0 unspecified atom stereocenters. The van der Waals surface area contributed by atoms with Gasteiger partial charge in [0.05, 0.1) is 22.8 Å². The second-order valence-electron chi connectivity index (χ2n) is 6.04. The van der Waals surface area contributed by atoms with E-state index >= 15 is 0 Å². The summed E-state index contributed by atoms with van der Waals surface area (Å²) in [7, 11) is 1.58. The maximum atomic E-state index is 6.29. The van der Waals surface area contributed by atoms with Gasteiger partial charge >= 0.3 is 0 Å². The third-order valence-corrected chi connectivity index (χ3v) is 5.24. The van der Waals surface area contributed by atoms with Crippen LogP contribution in [0.25, 0.3) is 22.0 Å². The molecule has 4 aromatic rings. The Morgan fingerprint density at radius 2 is 1.54 bits per heavy atom. The third kappa shape index (κ3) is 3.59. The van der Waals surface area contributed by atoms with Crippen molar-refractivity contribution in [3.05, 3.63) is 75.7 Å². The van der Waals surface area contributed by atoms with Crippen LogP contribution >= 0.6 is 34.8 Å². The predicted octanol–water partition coefficient (Wildman–Crippen LogP) is 7.01. The highest BCUT2D eigenvalue weighted by Gasteiger charge is 2.15. The lowest BCUT2D eigenvalue weighted by molar-refractivity contribution is 0.417. The second kappa shape index (κ2) is 7.84. The molecule has 0 saturated heterocycles. The summed E-state index contributed by atoms with van der Waals surface area (Å²) in [5, 5.41) is 15.2. The number of anilines is 2. The van der Waals surface area contributed by atoms with Crippen molar-refractivity contribution in [1.82, 2.24) is 10.2 Å². The summed E-state index contributed by atoms with van der Waals surface area (Å²) in [6.45, 7) is 0. The van der Waals surface area contributed by atoms with E-state index in [1.165, 1.54) is 0 Å². The zero-order valence-corrected chi connectivity index (χ0v) is 17.0. The smallest absolute Gasteiger partial charge is 0.161 e. The average molecular weight is 431 g/mol. The van der Waals surface area contributed by atoms with Gasteiger partial charge in [-0.15, -0.1) is 10.2 Å². The molecule has 1 aromatic heterocycles. The van der Waals surface area contributed by atoms with Gasteiger partial charge in [0.25, 0.3) is 0 Å². The first kappa shape index (κ1) is 18.8. The minimum Gasteiger partial charge on any atom is -0.495 e. The zero-order chi connectivity index (χ0) is 19.7. The van der Waals surface area contributed by atoms with Crippen LogP contribution in [0, 0.1) is 0 Å². The van der Waals surface area contributed by atoms with Gasteiger partial charge in [-0.1, -0.05) is 65.1 Å². The highest BCUT2D eigenvalue weighted by Crippen LogP contribution is 2.38. The molecule has 140 valence electrons. The number of hydrogen-bond acceptors (Lipinski definition) is 4. The topological polar surface area (TPSA) is 47.0 Å². The summed E-state index contributed by atoms with van der Waals surface area (Å²) >= 11 is 18.6. The van der Waals surface area contributed by atoms with Crippen LogP contribution < -0.4 is 10.1 Å². The monoisotopic (exact) mass is 429 g/mol. The molecule has 28 heavy (non-hydrogen) atoms. The van der Waals surface area contributed by atoms with E-state index in [9.17, 15) is 0 Å². The number of fused-ring (bicyclic) bond motifs is 1. The lowest BCUT2D eigenvalue weighted by Gasteiger charge is -2.14. The van der Waals surface area contributed by atoms with Crippen LogP contribution in [0.4, 0.5) is 11.5 Å². The Morgan fingerprint density at radius 3 is 2.25 bits per heavy atom. The van der Waals surface area contributed by atoms with Gasteiger partial charge in [0.15, 0.2) is 5.82 Å². The molecule has 0 aliphatic rings. The molecule has 3 aromatic carbocycles. The standard InChI is InChI=1S/C21H14Cl3N3O/c1-28-19-9-13(22)7-8-18(19)25-21-15-11-17(24)16(23)10-14(15)20(26-27-21)12-5-3-2-4-6-12/h2-11H,1H3,(H,25,27). The molecule has 0 aliphatic heterocycles. The van der Waals surface area contributed by atoms with E-state index in [1.807, 2.05) is 36.4 Å². The number of rotatable bonds is 4. The first-order valence-electron chi connectivity index (χ1n) is 8.38. The summed E-state index contributed by atoms with van der Waals surface area (Å²) in [5.41, 5.74) is 2.37. The molecular weight excluding hydrogens is 417 g/mol. The van der Waals surface area contributed by atoms with E-state index in [-0.39, 0.29) is 0 Å². The molecule has 0 radical (unpaired) electrons. The van der Waals surface area contributed by atoms with Crippen molar-refractivity contribution >= 4 is 57.1 Å². The SMILES string of the molecule is COc1cc(Cl)ccc1Nc1nnc(-c2ccccc2)c2cc(Cl)c(Cl)cc12. The van der Waals surface area contributed by atoms with Crippen molar-refractivity contribution in [2.75, 3.05) is 12.4 Å². The van der Waals surface area contributed by atoms with Crippen molar-refractivity contribution in [1.29, 1.82) is 0 Å². The van der Waals surface area contributed by atoms with Crippen LogP contribution in [-0.2, 0) is 0 Å². The summed E-state index contributed by atoms with van der Waals surface area (Å²) < 4.78 is 5.40. The van der Waals surface area contributed by atoms with Gasteiger partial charge < -0.3 is 10.1 Å². The fourth-order valence-corrected chi connectivity index (χ4v) is 3.43. The Labute approximate surface area is 177 Å². The van der Waals surface area contributed by atoms with Crippen LogP contribution in [0.2, 0.25) is 15.1 Å². The minimum absolute atomic E-state index is 0.437. The fraction of sp³-hybridized carbons (Fsp3) is 0.0476. The van der Waals surface area contributed by atoms with Crippen LogP contribution in [0.1, 0.15) is 0 Å². The number of aromatic nitrogens is 2. The van der Waals surface area contributed by atoms with Gasteiger partial charge in [-0.3, -0.25) is 0 Å². The molecule has 1 N–H and O–H groups in total. The lowest BCUT2D eigenvalue weighted by Crippen LogP contribution is -2.01. The molecule has 7 heteroatoms. The van der Waals surface area contributed by atoms with Gasteiger partial charge in [-0.05, 0) is 24.3 Å². The quantitative estimate of drug-likeness (QED) is 0.378. The molecule has 4 nitrogen and oxygen atoms in total. The van der Waals surface area contributed by atoms with Gasteiger partial charge in [0, 0.05) is 27.4 Å². The van der Waals surface area contributed by atoms with Gasteiger partial charge in [0.1, 0.15) is 11.4 Å². The van der Waals surface area contributed by atoms with Gasteiger partial charge in [-0.2, -0.15) is 0 Å². The van der Waals surface area contributed by atoms with Gasteiger partial charge in [0.2, 0.25) is 0 Å². The number of nitrogens with zero attached hydrogens (tertiary/aromatic N) is 2. The molecule has 0 amide bonds. The highest BCUT2D eigenvalue weighted by atomic mass is 35.5.